The Bertz CT molecular complexity index is 750. The van der Waals surface area contributed by atoms with Gasteiger partial charge in [0.05, 0.1) is 0 Å². The molecule has 176 valence electrons. The molecule has 1 N–H and O–H groups in total. The first-order valence-corrected chi connectivity index (χ1v) is 12.4. The Kier molecular flexibility index (Phi) is 5.55. The van der Waals surface area contributed by atoms with Gasteiger partial charge in [0.25, 0.3) is 0 Å². The number of carbonyl (C=O) groups is 2. The molecule has 0 aromatic heterocycles. The van der Waals surface area contributed by atoms with Crippen molar-refractivity contribution in [2.24, 2.45) is 34.0 Å². The van der Waals surface area contributed by atoms with Gasteiger partial charge in [0, 0.05) is 19.3 Å². The molecule has 4 fully saturated rings. The maximum absolute atomic E-state index is 11.8. The first-order chi connectivity index (χ1) is 14.4. The van der Waals surface area contributed by atoms with E-state index in [1.165, 1.54) is 20.3 Å². The van der Waals surface area contributed by atoms with Crippen molar-refractivity contribution in [1.82, 2.24) is 0 Å². The summed E-state index contributed by atoms with van der Waals surface area (Å²) in [5, 5.41) is 11.8. The zero-order valence-corrected chi connectivity index (χ0v) is 20.3. The molecule has 0 bridgehead atoms. The van der Waals surface area contributed by atoms with Crippen molar-refractivity contribution in [3.05, 3.63) is 0 Å². The molecular formula is C26H42O5. The molecule has 31 heavy (non-hydrogen) atoms. The second kappa shape index (κ2) is 7.46. The van der Waals surface area contributed by atoms with Crippen LogP contribution in [0.4, 0.5) is 0 Å². The van der Waals surface area contributed by atoms with Crippen molar-refractivity contribution < 1.29 is 24.2 Å². The number of aliphatic hydroxyl groups is 1. The lowest BCUT2D eigenvalue weighted by Gasteiger charge is -2.65. The van der Waals surface area contributed by atoms with Crippen molar-refractivity contribution >= 4 is 11.9 Å². The lowest BCUT2D eigenvalue weighted by Crippen LogP contribution is -2.61. The molecule has 0 unspecified atom stereocenters. The molecule has 9 atom stereocenters. The number of esters is 2. The molecule has 5 heteroatoms. The highest BCUT2D eigenvalue weighted by Gasteiger charge is 2.68. The summed E-state index contributed by atoms with van der Waals surface area (Å²) < 4.78 is 11.2. The summed E-state index contributed by atoms with van der Waals surface area (Å²) in [6.07, 6.45) is 8.82. The zero-order chi connectivity index (χ0) is 22.8. The summed E-state index contributed by atoms with van der Waals surface area (Å²) in [7, 11) is 0. The highest BCUT2D eigenvalue weighted by Crippen LogP contribution is 2.71. The highest BCUT2D eigenvalue weighted by atomic mass is 16.6. The molecule has 0 aliphatic heterocycles. The number of hydrogen-bond acceptors (Lipinski definition) is 5. The molecular weight excluding hydrogens is 392 g/mol. The molecule has 4 saturated carbocycles. The Labute approximate surface area is 187 Å². The third kappa shape index (κ3) is 3.28. The molecule has 0 amide bonds. The molecule has 4 aliphatic rings. The molecule has 4 aliphatic carbocycles. The monoisotopic (exact) mass is 434 g/mol. The van der Waals surface area contributed by atoms with Gasteiger partial charge in [0.15, 0.2) is 0 Å². The summed E-state index contributed by atoms with van der Waals surface area (Å²) >= 11 is 0. The van der Waals surface area contributed by atoms with Gasteiger partial charge in [-0.25, -0.2) is 0 Å². The van der Waals surface area contributed by atoms with E-state index in [4.69, 9.17) is 9.47 Å². The highest BCUT2D eigenvalue weighted by molar-refractivity contribution is 5.66. The van der Waals surface area contributed by atoms with E-state index < -0.39 is 11.7 Å². The van der Waals surface area contributed by atoms with Crippen molar-refractivity contribution in [2.75, 3.05) is 0 Å². The van der Waals surface area contributed by atoms with E-state index >= 15 is 0 Å². The zero-order valence-electron chi connectivity index (χ0n) is 20.3. The van der Waals surface area contributed by atoms with E-state index in [0.29, 0.717) is 24.2 Å². The lowest BCUT2D eigenvalue weighted by molar-refractivity contribution is -0.212. The van der Waals surface area contributed by atoms with E-state index in [9.17, 15) is 14.7 Å². The average Bonchev–Trinajstić information content (AvgIpc) is 2.94. The molecule has 5 nitrogen and oxygen atoms in total. The van der Waals surface area contributed by atoms with Crippen LogP contribution in [0.3, 0.4) is 0 Å². The fraction of sp³-hybridized carbons (Fsp3) is 0.923. The molecule has 0 heterocycles. The van der Waals surface area contributed by atoms with E-state index in [2.05, 4.69) is 20.8 Å². The van der Waals surface area contributed by atoms with Gasteiger partial charge in [-0.15, -0.1) is 0 Å². The van der Waals surface area contributed by atoms with E-state index in [1.807, 2.05) is 6.92 Å². The largest absolute Gasteiger partial charge is 0.463 e. The van der Waals surface area contributed by atoms with Crippen LogP contribution in [-0.2, 0) is 19.1 Å². The normalized spacial score (nSPS) is 49.9. The van der Waals surface area contributed by atoms with Gasteiger partial charge in [0.1, 0.15) is 17.8 Å². The molecule has 0 radical (unpaired) electrons. The number of rotatable bonds is 3. The molecule has 0 aromatic carbocycles. The Morgan fingerprint density at radius 3 is 2.13 bits per heavy atom. The van der Waals surface area contributed by atoms with E-state index in [-0.39, 0.29) is 34.3 Å². The standard InChI is InChI=1S/C26H42O5/c1-16(30-17(2)27)26(29)14-10-22-20-8-11-23(4)15-19(31-18(3)28)7-12-24(23,5)21(20)9-13-25(22,26)6/h16,19-22,29H,7-15H2,1-6H3/t16-,19-,20-,21-,22-,23-,24-,25+,26+/m1/s1. The average molecular weight is 435 g/mol. The Balaban J connectivity index is 1.58. The van der Waals surface area contributed by atoms with Crippen molar-refractivity contribution in [3.63, 3.8) is 0 Å². The van der Waals surface area contributed by atoms with Gasteiger partial charge in [0.2, 0.25) is 0 Å². The van der Waals surface area contributed by atoms with E-state index in [0.717, 1.165) is 44.9 Å². The van der Waals surface area contributed by atoms with Gasteiger partial charge in [-0.2, -0.15) is 0 Å². The van der Waals surface area contributed by atoms with Gasteiger partial charge < -0.3 is 14.6 Å². The van der Waals surface area contributed by atoms with E-state index in [1.54, 1.807) is 0 Å². The molecule has 0 aromatic rings. The Hall–Kier alpha value is -1.10. The predicted molar refractivity (Wildman–Crippen MR) is 118 cm³/mol. The smallest absolute Gasteiger partial charge is 0.302 e. The minimum atomic E-state index is -0.942. The van der Waals surface area contributed by atoms with Crippen LogP contribution in [0.2, 0.25) is 0 Å². The summed E-state index contributed by atoms with van der Waals surface area (Å²) in [4.78, 5) is 23.2. The number of hydrogen-bond donors (Lipinski definition) is 1. The summed E-state index contributed by atoms with van der Waals surface area (Å²) in [6.45, 7) is 12.0. The molecule has 0 spiro atoms. The maximum Gasteiger partial charge on any atom is 0.302 e. The van der Waals surface area contributed by atoms with Crippen LogP contribution < -0.4 is 0 Å². The van der Waals surface area contributed by atoms with Crippen molar-refractivity contribution in [2.45, 2.75) is 117 Å². The van der Waals surface area contributed by atoms with Gasteiger partial charge in [-0.05, 0) is 93.3 Å². The fourth-order valence-corrected chi connectivity index (χ4v) is 8.99. The fourth-order valence-electron chi connectivity index (χ4n) is 8.99. The van der Waals surface area contributed by atoms with Gasteiger partial charge in [-0.3, -0.25) is 9.59 Å². The van der Waals surface area contributed by atoms with Crippen LogP contribution in [0.1, 0.15) is 99.3 Å². The molecule has 0 saturated heterocycles. The first kappa shape index (κ1) is 23.1. The second-order valence-corrected chi connectivity index (χ2v) is 12.0. The second-order valence-electron chi connectivity index (χ2n) is 12.0. The first-order valence-electron chi connectivity index (χ1n) is 12.4. The van der Waals surface area contributed by atoms with Crippen LogP contribution in [0.5, 0.6) is 0 Å². The number of ether oxygens (including phenoxy) is 2. The quantitative estimate of drug-likeness (QED) is 0.631. The van der Waals surface area contributed by atoms with Crippen LogP contribution in [0.15, 0.2) is 0 Å². The van der Waals surface area contributed by atoms with Crippen molar-refractivity contribution in [1.29, 1.82) is 0 Å². The lowest BCUT2D eigenvalue weighted by atomic mass is 9.40. The van der Waals surface area contributed by atoms with Crippen LogP contribution in [-0.4, -0.2) is 34.9 Å². The SMILES string of the molecule is CC(=O)O[C@@H]1CC[C@]2(C)[C@@H]3CC[C@@]4(C)[C@H](CC[C@]4(O)[C@@H](C)OC(C)=O)[C@@H]3CC[C@]2(C)C1. The Morgan fingerprint density at radius 2 is 1.48 bits per heavy atom. The minimum Gasteiger partial charge on any atom is -0.463 e. The number of fused-ring (bicyclic) bond motifs is 5. The van der Waals surface area contributed by atoms with Crippen LogP contribution in [0.25, 0.3) is 0 Å². The third-order valence-electron chi connectivity index (χ3n) is 10.9. The summed E-state index contributed by atoms with van der Waals surface area (Å²) in [5.74, 6) is 1.26. The Morgan fingerprint density at radius 1 is 0.871 bits per heavy atom. The molecule has 4 rings (SSSR count). The van der Waals surface area contributed by atoms with Crippen molar-refractivity contribution in [3.8, 4) is 0 Å². The van der Waals surface area contributed by atoms with Crippen LogP contribution >= 0.6 is 0 Å². The number of carbonyl (C=O) groups excluding carboxylic acids is 2. The minimum absolute atomic E-state index is 0.0575. The predicted octanol–water partition coefficient (Wildman–Crippen LogP) is 5.03. The van der Waals surface area contributed by atoms with Gasteiger partial charge >= 0.3 is 11.9 Å². The van der Waals surface area contributed by atoms with Crippen LogP contribution in [0, 0.1) is 34.0 Å². The third-order valence-corrected chi connectivity index (χ3v) is 10.9. The summed E-state index contributed by atoms with van der Waals surface area (Å²) in [6, 6.07) is 0. The maximum atomic E-state index is 11.8. The van der Waals surface area contributed by atoms with Gasteiger partial charge in [-0.1, -0.05) is 20.8 Å². The summed E-state index contributed by atoms with van der Waals surface area (Å²) in [5.41, 5.74) is -0.707. The topological polar surface area (TPSA) is 72.8 Å².